The fourth-order valence-corrected chi connectivity index (χ4v) is 15.0. The van der Waals surface area contributed by atoms with Crippen molar-refractivity contribution in [1.29, 1.82) is 0 Å². The first-order chi connectivity index (χ1) is 61.5. The molecule has 0 heterocycles. The average Bonchev–Trinajstić information content (AvgIpc) is 1.51. The number of hydrogen-bond acceptors (Lipinski definition) is 4. The Morgan fingerprint density at radius 1 is 0.183 bits per heavy atom. The molecule has 0 saturated heterocycles. The normalized spacial score (nSPS) is 10.7. The van der Waals surface area contributed by atoms with Crippen molar-refractivity contribution in [3.05, 3.63) is 369 Å². The fraction of sp³-hybridized carbons (Fsp3) is 0.410. The topological polar surface area (TPSA) is 13.0 Å². The van der Waals surface area contributed by atoms with Crippen LogP contribution in [0.15, 0.2) is 285 Å². The van der Waals surface area contributed by atoms with Gasteiger partial charge in [0.15, 0.2) is 0 Å². The summed E-state index contributed by atoms with van der Waals surface area (Å²) < 4.78 is 0. The first kappa shape index (κ1) is 121. The lowest BCUT2D eigenvalue weighted by Gasteiger charge is -2.40. The van der Waals surface area contributed by atoms with E-state index in [9.17, 15) is 0 Å². The second-order valence-corrected chi connectivity index (χ2v) is 27.4. The van der Waals surface area contributed by atoms with Gasteiger partial charge in [-0.2, -0.15) is 0 Å². The van der Waals surface area contributed by atoms with Crippen LogP contribution < -0.4 is 0 Å². The minimum atomic E-state index is -0.196. The van der Waals surface area contributed by atoms with E-state index in [1.54, 1.807) is 0 Å². The van der Waals surface area contributed by atoms with Crippen LogP contribution in [0.1, 0.15) is 306 Å². The Hall–Kier alpha value is -9.52. The van der Waals surface area contributed by atoms with Gasteiger partial charge in [-0.05, 0) is 245 Å². The third-order valence-corrected chi connectivity index (χ3v) is 21.4. The number of rotatable bonds is 9. The highest BCUT2D eigenvalue weighted by atomic mass is 15.1. The van der Waals surface area contributed by atoms with Crippen molar-refractivity contribution in [3.8, 4) is 55.6 Å². The predicted molar refractivity (Wildman–Crippen MR) is 577 cm³/mol. The van der Waals surface area contributed by atoms with E-state index in [-0.39, 0.29) is 12.8 Å². The van der Waals surface area contributed by atoms with Gasteiger partial charge in [0.2, 0.25) is 0 Å². The van der Waals surface area contributed by atoms with E-state index in [0.29, 0.717) is 0 Å². The van der Waals surface area contributed by atoms with Crippen molar-refractivity contribution < 1.29 is 0 Å². The minimum absolute atomic E-state index is 0. The van der Waals surface area contributed by atoms with Crippen molar-refractivity contribution in [2.75, 3.05) is 74.0 Å². The van der Waals surface area contributed by atoms with E-state index in [4.69, 9.17) is 0 Å². The molecule has 690 valence electrons. The Morgan fingerprint density at radius 3 is 0.595 bits per heavy atom. The van der Waals surface area contributed by atoms with Gasteiger partial charge in [0.25, 0.3) is 0 Å². The van der Waals surface area contributed by atoms with Gasteiger partial charge >= 0.3 is 0 Å². The van der Waals surface area contributed by atoms with Gasteiger partial charge in [-0.3, -0.25) is 0 Å². The second-order valence-electron chi connectivity index (χ2n) is 27.4. The maximum absolute atomic E-state index is 2.36. The summed E-state index contributed by atoms with van der Waals surface area (Å²) in [4.78, 5) is 9.11. The van der Waals surface area contributed by atoms with Crippen LogP contribution in [0.2, 0.25) is 0 Å². The number of fused-ring (bicyclic) bond motifs is 21. The van der Waals surface area contributed by atoms with Gasteiger partial charge in [-0.1, -0.05) is 507 Å². The van der Waals surface area contributed by atoms with Crippen LogP contribution in [0.4, 0.5) is 0 Å². The summed E-state index contributed by atoms with van der Waals surface area (Å²) >= 11 is 0. The Bertz CT molecular complexity index is 4200. The molecule has 0 fully saturated rings. The van der Waals surface area contributed by atoms with Gasteiger partial charge in [-0.25, -0.2) is 0 Å². The Labute approximate surface area is 778 Å². The zero-order chi connectivity index (χ0) is 94.7. The van der Waals surface area contributed by atoms with Crippen molar-refractivity contribution in [1.82, 2.24) is 19.6 Å². The Morgan fingerprint density at radius 2 is 0.357 bits per heavy atom. The molecular formula is C122H182N4. The van der Waals surface area contributed by atoms with Crippen LogP contribution in [0.25, 0.3) is 55.6 Å². The van der Waals surface area contributed by atoms with E-state index in [1.165, 1.54) is 139 Å². The van der Waals surface area contributed by atoms with Crippen LogP contribution >= 0.6 is 0 Å². The molecule has 6 aliphatic carbocycles. The molecule has 0 amide bonds. The van der Waals surface area contributed by atoms with Gasteiger partial charge in [0, 0.05) is 6.54 Å². The summed E-state index contributed by atoms with van der Waals surface area (Å²) in [7, 11) is 8.51. The van der Waals surface area contributed by atoms with Gasteiger partial charge in [0.05, 0.1) is 5.41 Å². The predicted octanol–water partition coefficient (Wildman–Crippen LogP) is 35.3. The van der Waals surface area contributed by atoms with Gasteiger partial charge in [-0.15, -0.1) is 0 Å². The van der Waals surface area contributed by atoms with Crippen molar-refractivity contribution in [2.24, 2.45) is 0 Å². The molecule has 4 heteroatoms. The lowest BCUT2D eigenvalue weighted by atomic mass is 9.61. The van der Waals surface area contributed by atoms with Crippen LogP contribution in [0.5, 0.6) is 0 Å². The quantitative estimate of drug-likeness (QED) is 0.143. The first-order valence-electron chi connectivity index (χ1n) is 49.3. The lowest BCUT2D eigenvalue weighted by Crippen LogP contribution is -2.34. The monoisotopic (exact) mass is 1700 g/mol. The van der Waals surface area contributed by atoms with Crippen LogP contribution in [0, 0.1) is 0 Å². The summed E-state index contributed by atoms with van der Waals surface area (Å²) in [6.45, 7) is 72.2. The highest BCUT2D eigenvalue weighted by molar-refractivity contribution is 5.88. The van der Waals surface area contributed by atoms with E-state index in [1.807, 2.05) is 166 Å². The summed E-state index contributed by atoms with van der Waals surface area (Å²) in [5, 5.41) is 0. The molecule has 0 aliphatic heterocycles. The highest BCUT2D eigenvalue weighted by Crippen LogP contribution is 2.59. The largest absolute Gasteiger partial charge is 0.307 e. The maximum Gasteiger partial charge on any atom is 0.0719 e. The van der Waals surface area contributed by atoms with Crippen LogP contribution in [0.3, 0.4) is 0 Å². The standard InChI is InChI=1S/C26H18.C17H19N.3C13H10.3C5H13N.12C2H6.CH4/c1-5-13-22-18(9-1)17-19-10-2-6-14-23(19)26(22)24-15-7-3-11-20(24)21-12-4-8-16-25(21)26;1-3-18(2)12-15-9-6-8-14-11-13-7-4-5-10-16(13)17(14)15;3*1-3-7-12-10(5-1)9-11-6-2-4-8-13(11)12;3*1-4-6(3)5-2;12*1-2;/h1-16H,17H2;4-10H,3,11-12H2,1-2H3;3*1-8H,9H2;3*4-5H2,1-3H3;12*1-2H3;1H4. The molecule has 4 nitrogen and oxygen atoms in total. The van der Waals surface area contributed by atoms with Gasteiger partial charge in [0.1, 0.15) is 0 Å². The summed E-state index contributed by atoms with van der Waals surface area (Å²) in [5.41, 5.74) is 35.7. The molecule has 0 aromatic heterocycles. The number of nitrogens with zero attached hydrogens (tertiary/aromatic N) is 4. The molecular weight excluding hydrogens is 1520 g/mol. The molecule has 126 heavy (non-hydrogen) atoms. The summed E-state index contributed by atoms with van der Waals surface area (Å²) in [5.74, 6) is 0. The highest BCUT2D eigenvalue weighted by Gasteiger charge is 2.49. The van der Waals surface area contributed by atoms with Gasteiger partial charge < -0.3 is 19.6 Å². The van der Waals surface area contributed by atoms with Crippen LogP contribution in [-0.4, -0.2) is 93.6 Å². The van der Waals surface area contributed by atoms with Crippen molar-refractivity contribution in [3.63, 3.8) is 0 Å². The molecule has 1 spiro atoms. The SMILES string of the molecule is C.CC.CC.CC.CC.CC.CC.CC.CC.CC.CC.CC.CC.CCN(C)CC.CCN(C)CC.CCN(C)CC.CCN(C)Cc1cccc2c1-c1ccccc1C2.c1ccc2c(c1)Cc1ccccc1-2.c1ccc2c(c1)Cc1ccccc1-2.c1ccc2c(c1)Cc1ccccc1-2.c1ccc2c(c1)Cc1ccccc1C21c2ccccc2-c2ccccc21. The molecule has 18 rings (SSSR count). The molecule has 0 saturated carbocycles. The van der Waals surface area contributed by atoms with E-state index in [0.717, 1.165) is 84.5 Å². The number of benzene rings is 12. The molecule has 0 atom stereocenters. The second kappa shape index (κ2) is 73.5. The molecule has 0 bridgehead atoms. The molecule has 12 aromatic carbocycles. The Balaban J connectivity index is -0.00000137. The lowest BCUT2D eigenvalue weighted by molar-refractivity contribution is 0.346. The third kappa shape index (κ3) is 34.2. The van der Waals surface area contributed by atoms with E-state index < -0.39 is 0 Å². The van der Waals surface area contributed by atoms with Crippen molar-refractivity contribution >= 4 is 0 Å². The maximum atomic E-state index is 2.36. The smallest absolute Gasteiger partial charge is 0.0719 e. The summed E-state index contributed by atoms with van der Waals surface area (Å²) in [6.07, 6.45) is 5.42. The summed E-state index contributed by atoms with van der Waals surface area (Å²) in [6, 6.07) is 103. The number of hydrogen-bond donors (Lipinski definition) is 0. The molecule has 0 N–H and O–H groups in total. The molecule has 6 aliphatic rings. The molecule has 0 radical (unpaired) electrons. The molecule has 0 unspecified atom stereocenters. The average molecular weight is 1700 g/mol. The first-order valence-corrected chi connectivity index (χ1v) is 49.3. The third-order valence-electron chi connectivity index (χ3n) is 21.4. The zero-order valence-electron chi connectivity index (χ0n) is 86.1. The fourth-order valence-electron chi connectivity index (χ4n) is 15.0. The van der Waals surface area contributed by atoms with Crippen LogP contribution in [-0.2, 0) is 44.1 Å². The Kier molecular flexibility index (Phi) is 70.4. The minimum Gasteiger partial charge on any atom is -0.307 e. The van der Waals surface area contributed by atoms with Crippen molar-refractivity contribution in [2.45, 2.75) is 266 Å². The molecule has 12 aromatic rings. The van der Waals surface area contributed by atoms with E-state index in [2.05, 4.69) is 381 Å². The zero-order valence-corrected chi connectivity index (χ0v) is 86.1. The van der Waals surface area contributed by atoms with E-state index >= 15 is 0 Å².